The van der Waals surface area contributed by atoms with Crippen molar-refractivity contribution in [2.24, 2.45) is 0 Å². The SMILES string of the molecule is O=C(NCCNc1ncc(Cl)cc1Cl)c1cccc([N+](=O)[O-])c1. The van der Waals surface area contributed by atoms with Crippen LogP contribution in [-0.4, -0.2) is 28.9 Å². The van der Waals surface area contributed by atoms with E-state index >= 15 is 0 Å². The van der Waals surface area contributed by atoms with Crippen LogP contribution in [0.1, 0.15) is 10.4 Å². The van der Waals surface area contributed by atoms with Gasteiger partial charge in [0.2, 0.25) is 0 Å². The Morgan fingerprint density at radius 1 is 1.26 bits per heavy atom. The summed E-state index contributed by atoms with van der Waals surface area (Å²) in [7, 11) is 0. The number of carbonyl (C=O) groups is 1. The molecule has 0 aliphatic heterocycles. The fourth-order valence-electron chi connectivity index (χ4n) is 1.76. The van der Waals surface area contributed by atoms with E-state index < -0.39 is 10.8 Å². The number of nitrogens with one attached hydrogen (secondary N) is 2. The molecule has 1 heterocycles. The van der Waals surface area contributed by atoms with Gasteiger partial charge in [0, 0.05) is 37.0 Å². The number of halogens is 2. The first-order valence-corrected chi connectivity index (χ1v) is 7.30. The Morgan fingerprint density at radius 3 is 2.74 bits per heavy atom. The molecule has 0 spiro atoms. The number of benzene rings is 1. The van der Waals surface area contributed by atoms with Gasteiger partial charge < -0.3 is 10.6 Å². The summed E-state index contributed by atoms with van der Waals surface area (Å²) in [6.45, 7) is 0.678. The zero-order valence-corrected chi connectivity index (χ0v) is 13.3. The van der Waals surface area contributed by atoms with E-state index in [2.05, 4.69) is 15.6 Å². The van der Waals surface area contributed by atoms with Crippen molar-refractivity contribution in [2.45, 2.75) is 0 Å². The first-order valence-electron chi connectivity index (χ1n) is 6.55. The minimum absolute atomic E-state index is 0.132. The van der Waals surface area contributed by atoms with Gasteiger partial charge in [-0.2, -0.15) is 0 Å². The van der Waals surface area contributed by atoms with Gasteiger partial charge in [-0.15, -0.1) is 0 Å². The fraction of sp³-hybridized carbons (Fsp3) is 0.143. The number of aromatic nitrogens is 1. The van der Waals surface area contributed by atoms with Gasteiger partial charge >= 0.3 is 0 Å². The Bertz CT molecular complexity index is 740. The van der Waals surface area contributed by atoms with Crippen molar-refractivity contribution in [1.29, 1.82) is 0 Å². The molecule has 1 amide bonds. The van der Waals surface area contributed by atoms with Crippen molar-refractivity contribution >= 4 is 40.6 Å². The number of nitro benzene ring substituents is 1. The highest BCUT2D eigenvalue weighted by molar-refractivity contribution is 6.35. The molecule has 1 aromatic carbocycles. The maximum atomic E-state index is 11.9. The lowest BCUT2D eigenvalue weighted by molar-refractivity contribution is -0.384. The largest absolute Gasteiger partial charge is 0.367 e. The highest BCUT2D eigenvalue weighted by Gasteiger charge is 2.11. The summed E-state index contributed by atoms with van der Waals surface area (Å²) in [5, 5.41) is 17.1. The number of hydrogen-bond acceptors (Lipinski definition) is 5. The Morgan fingerprint density at radius 2 is 2.04 bits per heavy atom. The molecular weight excluding hydrogens is 343 g/mol. The van der Waals surface area contributed by atoms with Crippen LogP contribution < -0.4 is 10.6 Å². The van der Waals surface area contributed by atoms with Crippen LogP contribution >= 0.6 is 23.2 Å². The summed E-state index contributed by atoms with van der Waals surface area (Å²) < 4.78 is 0. The second kappa shape index (κ2) is 7.75. The van der Waals surface area contributed by atoms with Crippen molar-refractivity contribution in [2.75, 3.05) is 18.4 Å². The van der Waals surface area contributed by atoms with Crippen LogP contribution in [0.3, 0.4) is 0 Å². The zero-order chi connectivity index (χ0) is 16.8. The lowest BCUT2D eigenvalue weighted by Crippen LogP contribution is -2.28. The molecule has 0 fully saturated rings. The Labute approximate surface area is 141 Å². The van der Waals surface area contributed by atoms with Gasteiger partial charge in [0.05, 0.1) is 15.0 Å². The van der Waals surface area contributed by atoms with Crippen LogP contribution in [0.25, 0.3) is 0 Å². The predicted molar refractivity (Wildman–Crippen MR) is 88.2 cm³/mol. The van der Waals surface area contributed by atoms with Crippen LogP contribution in [0.5, 0.6) is 0 Å². The monoisotopic (exact) mass is 354 g/mol. The molecule has 2 rings (SSSR count). The van der Waals surface area contributed by atoms with Crippen LogP contribution in [-0.2, 0) is 0 Å². The topological polar surface area (TPSA) is 97.2 Å². The summed E-state index contributed by atoms with van der Waals surface area (Å²) in [5.41, 5.74) is 0.0924. The third kappa shape index (κ3) is 4.80. The maximum absolute atomic E-state index is 11.9. The molecule has 2 N–H and O–H groups in total. The van der Waals surface area contributed by atoms with Crippen molar-refractivity contribution < 1.29 is 9.72 Å². The van der Waals surface area contributed by atoms with E-state index in [4.69, 9.17) is 23.2 Å². The molecule has 7 nitrogen and oxygen atoms in total. The van der Waals surface area contributed by atoms with E-state index in [0.717, 1.165) is 0 Å². The summed E-state index contributed by atoms with van der Waals surface area (Å²) in [5.74, 6) is 0.0614. The number of nitro groups is 1. The van der Waals surface area contributed by atoms with E-state index in [1.54, 1.807) is 6.07 Å². The normalized spacial score (nSPS) is 10.2. The number of carbonyl (C=O) groups excluding carboxylic acids is 1. The minimum atomic E-state index is -0.549. The van der Waals surface area contributed by atoms with Crippen LogP contribution in [0.15, 0.2) is 36.5 Å². The van der Waals surface area contributed by atoms with E-state index in [0.29, 0.717) is 29.0 Å². The standard InChI is InChI=1S/C14H12Cl2N4O3/c15-10-7-12(16)13(19-8-10)17-4-5-18-14(21)9-2-1-3-11(6-9)20(22)23/h1-3,6-8H,4-5H2,(H,17,19)(H,18,21). The Kier molecular flexibility index (Phi) is 5.72. The smallest absolute Gasteiger partial charge is 0.270 e. The molecule has 0 aliphatic rings. The lowest BCUT2D eigenvalue weighted by Gasteiger charge is -2.08. The molecular formula is C14H12Cl2N4O3. The zero-order valence-electron chi connectivity index (χ0n) is 11.8. The summed E-state index contributed by atoms with van der Waals surface area (Å²) in [6.07, 6.45) is 1.46. The predicted octanol–water partition coefficient (Wildman–Crippen LogP) is 3.14. The average molecular weight is 355 g/mol. The molecule has 1 aromatic heterocycles. The number of non-ortho nitro benzene ring substituents is 1. The highest BCUT2D eigenvalue weighted by Crippen LogP contribution is 2.22. The van der Waals surface area contributed by atoms with Crippen LogP contribution in [0.2, 0.25) is 10.0 Å². The molecule has 0 bridgehead atoms. The molecule has 0 saturated carbocycles. The quantitative estimate of drug-likeness (QED) is 0.471. The lowest BCUT2D eigenvalue weighted by atomic mass is 10.2. The number of anilines is 1. The van der Waals surface area contributed by atoms with Gasteiger partial charge in [-0.3, -0.25) is 14.9 Å². The van der Waals surface area contributed by atoms with E-state index in [-0.39, 0.29) is 11.3 Å². The van der Waals surface area contributed by atoms with Crippen molar-refractivity contribution in [3.63, 3.8) is 0 Å². The third-order valence-corrected chi connectivity index (χ3v) is 3.32. The molecule has 120 valence electrons. The van der Waals surface area contributed by atoms with Crippen molar-refractivity contribution in [1.82, 2.24) is 10.3 Å². The Balaban J connectivity index is 1.85. The van der Waals surface area contributed by atoms with E-state index in [1.807, 2.05) is 0 Å². The van der Waals surface area contributed by atoms with E-state index in [9.17, 15) is 14.9 Å². The number of pyridine rings is 1. The van der Waals surface area contributed by atoms with Gasteiger partial charge in [-0.25, -0.2) is 4.98 Å². The Hall–Kier alpha value is -2.38. The number of nitrogens with zero attached hydrogens (tertiary/aromatic N) is 2. The number of hydrogen-bond donors (Lipinski definition) is 2. The summed E-state index contributed by atoms with van der Waals surface area (Å²) in [4.78, 5) is 26.1. The fourth-order valence-corrected chi connectivity index (χ4v) is 2.21. The number of rotatable bonds is 6. The molecule has 2 aromatic rings. The van der Waals surface area contributed by atoms with Gasteiger partial charge in [-0.1, -0.05) is 29.3 Å². The highest BCUT2D eigenvalue weighted by atomic mass is 35.5. The van der Waals surface area contributed by atoms with Crippen molar-refractivity contribution in [3.05, 3.63) is 62.3 Å². The molecule has 0 saturated heterocycles. The van der Waals surface area contributed by atoms with Gasteiger partial charge in [-0.05, 0) is 12.1 Å². The first-order chi connectivity index (χ1) is 11.0. The van der Waals surface area contributed by atoms with E-state index in [1.165, 1.54) is 30.5 Å². The van der Waals surface area contributed by atoms with Crippen molar-refractivity contribution in [3.8, 4) is 0 Å². The molecule has 9 heteroatoms. The average Bonchev–Trinajstić information content (AvgIpc) is 2.53. The molecule has 0 atom stereocenters. The van der Waals surface area contributed by atoms with Crippen LogP contribution in [0.4, 0.5) is 11.5 Å². The molecule has 0 radical (unpaired) electrons. The summed E-state index contributed by atoms with van der Waals surface area (Å²) >= 11 is 11.7. The number of amides is 1. The van der Waals surface area contributed by atoms with Gasteiger partial charge in [0.1, 0.15) is 5.82 Å². The second-order valence-corrected chi connectivity index (χ2v) is 5.32. The van der Waals surface area contributed by atoms with Gasteiger partial charge in [0.15, 0.2) is 0 Å². The first kappa shape index (κ1) is 17.0. The molecule has 23 heavy (non-hydrogen) atoms. The van der Waals surface area contributed by atoms with Crippen LogP contribution in [0, 0.1) is 10.1 Å². The third-order valence-electron chi connectivity index (χ3n) is 2.83. The molecule has 0 aliphatic carbocycles. The minimum Gasteiger partial charge on any atom is -0.367 e. The maximum Gasteiger partial charge on any atom is 0.270 e. The molecule has 0 unspecified atom stereocenters. The summed E-state index contributed by atoms with van der Waals surface area (Å²) in [6, 6.07) is 7.07. The second-order valence-electron chi connectivity index (χ2n) is 4.47. The van der Waals surface area contributed by atoms with Gasteiger partial charge in [0.25, 0.3) is 11.6 Å².